The Labute approximate surface area is 191 Å². The average molecular weight is 463 g/mol. The van der Waals surface area contributed by atoms with Crippen molar-refractivity contribution in [1.29, 1.82) is 0 Å². The van der Waals surface area contributed by atoms with Crippen molar-refractivity contribution >= 4 is 21.9 Å². The summed E-state index contributed by atoms with van der Waals surface area (Å²) in [5, 5.41) is 10.3. The zero-order valence-corrected chi connectivity index (χ0v) is 18.9. The van der Waals surface area contributed by atoms with Crippen molar-refractivity contribution in [2.45, 2.75) is 18.4 Å². The van der Waals surface area contributed by atoms with Crippen molar-refractivity contribution < 1.29 is 17.6 Å². The largest absolute Gasteiger partial charge is 0.403 e. The third-order valence-electron chi connectivity index (χ3n) is 5.02. The molecule has 0 saturated carbocycles. The zero-order chi connectivity index (χ0) is 23.4. The number of hydrogen-bond acceptors (Lipinski definition) is 6. The molecule has 0 aliphatic heterocycles. The van der Waals surface area contributed by atoms with Crippen LogP contribution in [0.15, 0.2) is 88.2 Å². The van der Waals surface area contributed by atoms with E-state index < -0.39 is 15.9 Å². The van der Waals surface area contributed by atoms with Crippen LogP contribution in [0.4, 0.5) is 6.01 Å². The Kier molecular flexibility index (Phi) is 6.34. The van der Waals surface area contributed by atoms with Gasteiger partial charge in [0.05, 0.1) is 4.90 Å². The molecule has 9 heteroatoms. The Balaban J connectivity index is 1.43. The number of nitrogens with zero attached hydrogens (tertiary/aromatic N) is 3. The Morgan fingerprint density at radius 2 is 1.61 bits per heavy atom. The molecule has 33 heavy (non-hydrogen) atoms. The molecule has 1 N–H and O–H groups in total. The molecule has 0 aliphatic carbocycles. The topological polar surface area (TPSA) is 105 Å². The Morgan fingerprint density at radius 1 is 0.939 bits per heavy atom. The molecule has 0 spiro atoms. The van der Waals surface area contributed by atoms with Crippen LogP contribution in [-0.2, 0) is 16.6 Å². The minimum Gasteiger partial charge on any atom is -0.403 e. The molecule has 0 fully saturated rings. The summed E-state index contributed by atoms with van der Waals surface area (Å²) in [4.78, 5) is 12.6. The molecular weight excluding hydrogens is 440 g/mol. The predicted octanol–water partition coefficient (Wildman–Crippen LogP) is 4.12. The standard InChI is InChI=1S/C24H22N4O4S/c1-17-8-10-20(11-9-17)23-26-27-24(32-23)25-22(29)19-12-14-21(15-13-19)33(30,31)28(2)16-18-6-4-3-5-7-18/h3-15H,16H2,1-2H3,(H,25,27,29). The lowest BCUT2D eigenvalue weighted by Crippen LogP contribution is -2.26. The summed E-state index contributed by atoms with van der Waals surface area (Å²) in [6.07, 6.45) is 0. The first-order valence-corrected chi connectivity index (χ1v) is 11.6. The highest BCUT2D eigenvalue weighted by molar-refractivity contribution is 7.89. The molecule has 0 saturated heterocycles. The van der Waals surface area contributed by atoms with E-state index in [1.807, 2.05) is 61.5 Å². The van der Waals surface area contributed by atoms with E-state index in [0.29, 0.717) is 0 Å². The maximum Gasteiger partial charge on any atom is 0.322 e. The second-order valence-electron chi connectivity index (χ2n) is 7.50. The lowest BCUT2D eigenvalue weighted by molar-refractivity contribution is 0.102. The van der Waals surface area contributed by atoms with Crippen molar-refractivity contribution in [2.24, 2.45) is 0 Å². The molecule has 0 unspecified atom stereocenters. The van der Waals surface area contributed by atoms with Gasteiger partial charge in [0, 0.05) is 24.7 Å². The number of rotatable bonds is 7. The number of aryl methyl sites for hydroxylation is 1. The van der Waals surface area contributed by atoms with E-state index >= 15 is 0 Å². The predicted molar refractivity (Wildman–Crippen MR) is 124 cm³/mol. The number of anilines is 1. The number of carbonyl (C=O) groups excluding carboxylic acids is 1. The minimum atomic E-state index is -3.71. The van der Waals surface area contributed by atoms with Crippen LogP contribution in [0.5, 0.6) is 0 Å². The molecule has 1 heterocycles. The fraction of sp³-hybridized carbons (Fsp3) is 0.125. The van der Waals surface area contributed by atoms with Gasteiger partial charge in [-0.1, -0.05) is 53.1 Å². The first-order chi connectivity index (χ1) is 15.8. The number of amides is 1. The second-order valence-corrected chi connectivity index (χ2v) is 9.55. The molecule has 4 rings (SSSR count). The number of sulfonamides is 1. The summed E-state index contributed by atoms with van der Waals surface area (Å²) in [6.45, 7) is 2.22. The van der Waals surface area contributed by atoms with Gasteiger partial charge in [0.2, 0.25) is 15.9 Å². The SMILES string of the molecule is Cc1ccc(-c2nnc(NC(=O)c3ccc(S(=O)(=O)N(C)Cc4ccccc4)cc3)o2)cc1. The normalized spacial score (nSPS) is 11.5. The minimum absolute atomic E-state index is 0.0464. The van der Waals surface area contributed by atoms with Crippen LogP contribution < -0.4 is 5.32 Å². The third kappa shape index (κ3) is 5.16. The highest BCUT2D eigenvalue weighted by Crippen LogP contribution is 2.21. The van der Waals surface area contributed by atoms with E-state index in [9.17, 15) is 13.2 Å². The Bertz CT molecular complexity index is 1350. The quantitative estimate of drug-likeness (QED) is 0.443. The number of hydrogen-bond donors (Lipinski definition) is 1. The van der Waals surface area contributed by atoms with E-state index in [4.69, 9.17) is 4.42 Å². The summed E-state index contributed by atoms with van der Waals surface area (Å²) in [5.74, 6) is -0.205. The molecule has 8 nitrogen and oxygen atoms in total. The molecule has 3 aromatic carbocycles. The second kappa shape index (κ2) is 9.35. The molecule has 4 aromatic rings. The van der Waals surface area contributed by atoms with Gasteiger partial charge >= 0.3 is 6.01 Å². The van der Waals surface area contributed by atoms with Crippen molar-refractivity contribution in [3.8, 4) is 11.5 Å². The van der Waals surface area contributed by atoms with Crippen LogP contribution in [0, 0.1) is 6.92 Å². The Morgan fingerprint density at radius 3 is 2.27 bits per heavy atom. The van der Waals surface area contributed by atoms with Gasteiger partial charge in [0.25, 0.3) is 5.91 Å². The summed E-state index contributed by atoms with van der Waals surface area (Å²) in [6, 6.07) is 22.5. The average Bonchev–Trinajstić information content (AvgIpc) is 3.28. The first kappa shape index (κ1) is 22.4. The summed E-state index contributed by atoms with van der Waals surface area (Å²) in [7, 11) is -2.19. The lowest BCUT2D eigenvalue weighted by atomic mass is 10.1. The van der Waals surface area contributed by atoms with E-state index in [-0.39, 0.29) is 28.9 Å². The molecule has 0 bridgehead atoms. The number of carbonyl (C=O) groups is 1. The first-order valence-electron chi connectivity index (χ1n) is 10.2. The van der Waals surface area contributed by atoms with Gasteiger partial charge in [-0.15, -0.1) is 5.10 Å². The zero-order valence-electron chi connectivity index (χ0n) is 18.1. The van der Waals surface area contributed by atoms with Gasteiger partial charge in [0.1, 0.15) is 0 Å². The lowest BCUT2D eigenvalue weighted by Gasteiger charge is -2.17. The molecule has 0 aliphatic rings. The van der Waals surface area contributed by atoms with Crippen molar-refractivity contribution in [1.82, 2.24) is 14.5 Å². The van der Waals surface area contributed by atoms with Crippen LogP contribution in [0.1, 0.15) is 21.5 Å². The molecule has 0 atom stereocenters. The highest BCUT2D eigenvalue weighted by atomic mass is 32.2. The van der Waals surface area contributed by atoms with Gasteiger partial charge in [0.15, 0.2) is 0 Å². The fourth-order valence-corrected chi connectivity index (χ4v) is 4.30. The van der Waals surface area contributed by atoms with Crippen LogP contribution in [-0.4, -0.2) is 35.9 Å². The van der Waals surface area contributed by atoms with Crippen LogP contribution in [0.2, 0.25) is 0 Å². The number of benzene rings is 3. The van der Waals surface area contributed by atoms with Crippen LogP contribution in [0.3, 0.4) is 0 Å². The van der Waals surface area contributed by atoms with Crippen LogP contribution >= 0.6 is 0 Å². The van der Waals surface area contributed by atoms with Crippen molar-refractivity contribution in [2.75, 3.05) is 12.4 Å². The van der Waals surface area contributed by atoms with Gasteiger partial charge in [-0.05, 0) is 48.9 Å². The summed E-state index contributed by atoms with van der Waals surface area (Å²) < 4.78 is 32.5. The smallest absolute Gasteiger partial charge is 0.322 e. The highest BCUT2D eigenvalue weighted by Gasteiger charge is 2.21. The molecule has 168 valence electrons. The van der Waals surface area contributed by atoms with E-state index in [1.165, 1.54) is 35.6 Å². The molecule has 1 aromatic heterocycles. The monoisotopic (exact) mass is 462 g/mol. The van der Waals surface area contributed by atoms with Crippen molar-refractivity contribution in [3.05, 3.63) is 95.6 Å². The maximum atomic E-state index is 12.9. The van der Waals surface area contributed by atoms with Gasteiger partial charge in [-0.3, -0.25) is 10.1 Å². The molecule has 1 amide bonds. The summed E-state index contributed by atoms with van der Waals surface area (Å²) >= 11 is 0. The van der Waals surface area contributed by atoms with Gasteiger partial charge in [-0.25, -0.2) is 8.42 Å². The number of aromatic nitrogens is 2. The maximum absolute atomic E-state index is 12.9. The Hall–Kier alpha value is -3.82. The number of nitrogens with one attached hydrogen (secondary N) is 1. The molecular formula is C24H22N4O4S. The van der Waals surface area contributed by atoms with E-state index in [0.717, 1.165) is 16.7 Å². The third-order valence-corrected chi connectivity index (χ3v) is 6.83. The van der Waals surface area contributed by atoms with Crippen molar-refractivity contribution in [3.63, 3.8) is 0 Å². The fourth-order valence-electron chi connectivity index (χ4n) is 3.14. The van der Waals surface area contributed by atoms with E-state index in [1.54, 1.807) is 0 Å². The van der Waals surface area contributed by atoms with Gasteiger partial charge in [-0.2, -0.15) is 4.31 Å². The van der Waals surface area contributed by atoms with Gasteiger partial charge < -0.3 is 4.42 Å². The van der Waals surface area contributed by atoms with E-state index in [2.05, 4.69) is 15.5 Å². The molecule has 0 radical (unpaired) electrons. The van der Waals surface area contributed by atoms with Crippen LogP contribution in [0.25, 0.3) is 11.5 Å². The summed E-state index contributed by atoms with van der Waals surface area (Å²) in [5.41, 5.74) is 2.98.